The van der Waals surface area contributed by atoms with Gasteiger partial charge in [0.15, 0.2) is 11.6 Å². The number of nitrogens with one attached hydrogen (secondary N) is 1. The molecule has 0 bridgehead atoms. The van der Waals surface area contributed by atoms with Crippen molar-refractivity contribution in [3.05, 3.63) is 41.6 Å². The summed E-state index contributed by atoms with van der Waals surface area (Å²) in [4.78, 5) is 19.0. The number of carbonyl (C=O) groups is 1. The van der Waals surface area contributed by atoms with E-state index in [1.54, 1.807) is 6.92 Å². The van der Waals surface area contributed by atoms with Gasteiger partial charge in [0.25, 0.3) is 5.91 Å². The van der Waals surface area contributed by atoms with Crippen LogP contribution in [0.15, 0.2) is 23.0 Å². The zero-order valence-corrected chi connectivity index (χ0v) is 8.98. The first-order valence-electron chi connectivity index (χ1n) is 4.83. The number of aromatic nitrogens is 3. The van der Waals surface area contributed by atoms with E-state index < -0.39 is 11.7 Å². The molecule has 2 rings (SSSR count). The van der Waals surface area contributed by atoms with Crippen LogP contribution in [-0.2, 0) is 6.54 Å². The Hall–Kier alpha value is -2.31. The Morgan fingerprint density at radius 3 is 3.06 bits per heavy atom. The number of aryl methyl sites for hydroxylation is 1. The van der Waals surface area contributed by atoms with E-state index in [-0.39, 0.29) is 18.0 Å². The number of hydrogen-bond donors (Lipinski definition) is 1. The molecule has 0 radical (unpaired) electrons. The number of amides is 1. The van der Waals surface area contributed by atoms with Crippen molar-refractivity contribution in [3.8, 4) is 0 Å². The Kier molecular flexibility index (Phi) is 3.08. The molecule has 2 heterocycles. The summed E-state index contributed by atoms with van der Waals surface area (Å²) < 4.78 is 18.0. The van der Waals surface area contributed by atoms with Crippen LogP contribution in [0.25, 0.3) is 0 Å². The smallest absolute Gasteiger partial charge is 0.254 e. The molecule has 6 nitrogen and oxygen atoms in total. The Bertz CT molecular complexity index is 541. The molecule has 2 aromatic rings. The van der Waals surface area contributed by atoms with E-state index in [0.717, 1.165) is 6.20 Å². The molecular weight excluding hydrogens is 227 g/mol. The molecule has 0 aliphatic rings. The molecule has 7 heteroatoms. The zero-order valence-electron chi connectivity index (χ0n) is 8.98. The van der Waals surface area contributed by atoms with Gasteiger partial charge in [-0.25, -0.2) is 4.39 Å². The standard InChI is InChI=1S/C10H9FN4O2/c1-6-14-9(17-15-6)5-13-10(16)7-2-3-12-4-8(7)11/h2-4H,5H2,1H3,(H,13,16). The molecule has 0 saturated heterocycles. The van der Waals surface area contributed by atoms with Gasteiger partial charge in [-0.15, -0.1) is 0 Å². The Morgan fingerprint density at radius 1 is 1.59 bits per heavy atom. The molecule has 17 heavy (non-hydrogen) atoms. The quantitative estimate of drug-likeness (QED) is 0.854. The summed E-state index contributed by atoms with van der Waals surface area (Å²) in [7, 11) is 0. The monoisotopic (exact) mass is 236 g/mol. The van der Waals surface area contributed by atoms with Crippen molar-refractivity contribution in [1.82, 2.24) is 20.4 Å². The van der Waals surface area contributed by atoms with Crippen LogP contribution in [-0.4, -0.2) is 21.0 Å². The van der Waals surface area contributed by atoms with E-state index in [4.69, 9.17) is 4.52 Å². The third-order valence-corrected chi connectivity index (χ3v) is 1.99. The van der Waals surface area contributed by atoms with Gasteiger partial charge < -0.3 is 9.84 Å². The molecule has 0 saturated carbocycles. The van der Waals surface area contributed by atoms with Gasteiger partial charge >= 0.3 is 0 Å². The Morgan fingerprint density at radius 2 is 2.41 bits per heavy atom. The summed E-state index contributed by atoms with van der Waals surface area (Å²) in [5, 5.41) is 6.03. The van der Waals surface area contributed by atoms with Gasteiger partial charge in [0.1, 0.15) is 0 Å². The van der Waals surface area contributed by atoms with Crippen LogP contribution in [0.3, 0.4) is 0 Å². The predicted molar refractivity (Wildman–Crippen MR) is 54.4 cm³/mol. The van der Waals surface area contributed by atoms with Crippen molar-refractivity contribution in [2.24, 2.45) is 0 Å². The van der Waals surface area contributed by atoms with E-state index in [1.807, 2.05) is 0 Å². The van der Waals surface area contributed by atoms with Gasteiger partial charge in [-0.05, 0) is 13.0 Å². The highest BCUT2D eigenvalue weighted by molar-refractivity contribution is 5.94. The maximum absolute atomic E-state index is 13.2. The summed E-state index contributed by atoms with van der Waals surface area (Å²) in [6.07, 6.45) is 2.32. The average molecular weight is 236 g/mol. The minimum atomic E-state index is -0.674. The minimum absolute atomic E-state index is 0.0570. The van der Waals surface area contributed by atoms with Crippen molar-refractivity contribution < 1.29 is 13.7 Å². The van der Waals surface area contributed by atoms with Crippen LogP contribution in [0.1, 0.15) is 22.1 Å². The van der Waals surface area contributed by atoms with E-state index in [2.05, 4.69) is 20.4 Å². The highest BCUT2D eigenvalue weighted by atomic mass is 19.1. The van der Waals surface area contributed by atoms with Gasteiger partial charge in [0.2, 0.25) is 5.89 Å². The Balaban J connectivity index is 2.01. The maximum atomic E-state index is 13.2. The van der Waals surface area contributed by atoms with Gasteiger partial charge in [-0.2, -0.15) is 4.98 Å². The van der Waals surface area contributed by atoms with Gasteiger partial charge in [0, 0.05) is 6.20 Å². The van der Waals surface area contributed by atoms with Gasteiger partial charge in [-0.1, -0.05) is 5.16 Å². The first kappa shape index (κ1) is 11.2. The average Bonchev–Trinajstić information content (AvgIpc) is 2.73. The SMILES string of the molecule is Cc1noc(CNC(=O)c2ccncc2F)n1. The van der Waals surface area contributed by atoms with Crippen LogP contribution in [0.5, 0.6) is 0 Å². The third kappa shape index (κ3) is 2.63. The summed E-state index contributed by atoms with van der Waals surface area (Å²) in [5.74, 6) is -0.484. The summed E-state index contributed by atoms with van der Waals surface area (Å²) in [5.41, 5.74) is -0.0729. The summed E-state index contributed by atoms with van der Waals surface area (Å²) in [6.45, 7) is 1.72. The fourth-order valence-electron chi connectivity index (χ4n) is 1.22. The summed E-state index contributed by atoms with van der Waals surface area (Å²) in [6, 6.07) is 1.30. The lowest BCUT2D eigenvalue weighted by molar-refractivity contribution is 0.0942. The number of rotatable bonds is 3. The molecule has 0 atom stereocenters. The minimum Gasteiger partial charge on any atom is -0.343 e. The molecule has 0 aromatic carbocycles. The van der Waals surface area contributed by atoms with Crippen molar-refractivity contribution in [3.63, 3.8) is 0 Å². The fraction of sp³-hybridized carbons (Fsp3) is 0.200. The van der Waals surface area contributed by atoms with Crippen LogP contribution in [0.4, 0.5) is 4.39 Å². The highest BCUT2D eigenvalue weighted by Crippen LogP contribution is 2.04. The number of halogens is 1. The lowest BCUT2D eigenvalue weighted by atomic mass is 10.2. The second-order valence-corrected chi connectivity index (χ2v) is 3.27. The van der Waals surface area contributed by atoms with Crippen molar-refractivity contribution in [2.45, 2.75) is 13.5 Å². The second kappa shape index (κ2) is 4.69. The highest BCUT2D eigenvalue weighted by Gasteiger charge is 2.12. The van der Waals surface area contributed by atoms with E-state index in [1.165, 1.54) is 12.3 Å². The third-order valence-electron chi connectivity index (χ3n) is 1.99. The maximum Gasteiger partial charge on any atom is 0.254 e. The molecular formula is C10H9FN4O2. The first-order chi connectivity index (χ1) is 8.16. The topological polar surface area (TPSA) is 80.9 Å². The zero-order chi connectivity index (χ0) is 12.3. The van der Waals surface area contributed by atoms with Crippen molar-refractivity contribution in [1.29, 1.82) is 0 Å². The van der Waals surface area contributed by atoms with Crippen LogP contribution >= 0.6 is 0 Å². The van der Waals surface area contributed by atoms with E-state index in [0.29, 0.717) is 5.82 Å². The molecule has 0 spiro atoms. The fourth-order valence-corrected chi connectivity index (χ4v) is 1.22. The lowest BCUT2D eigenvalue weighted by Crippen LogP contribution is -2.24. The molecule has 0 unspecified atom stereocenters. The Labute approximate surface area is 95.9 Å². The van der Waals surface area contributed by atoms with Crippen molar-refractivity contribution >= 4 is 5.91 Å². The number of carbonyl (C=O) groups excluding carboxylic acids is 1. The molecule has 0 aliphatic carbocycles. The van der Waals surface area contributed by atoms with Crippen LogP contribution in [0.2, 0.25) is 0 Å². The molecule has 0 fully saturated rings. The molecule has 88 valence electrons. The summed E-state index contributed by atoms with van der Waals surface area (Å²) >= 11 is 0. The van der Waals surface area contributed by atoms with Crippen LogP contribution in [0, 0.1) is 12.7 Å². The molecule has 2 aromatic heterocycles. The lowest BCUT2D eigenvalue weighted by Gasteiger charge is -2.02. The van der Waals surface area contributed by atoms with E-state index >= 15 is 0 Å². The molecule has 1 N–H and O–H groups in total. The van der Waals surface area contributed by atoms with Crippen molar-refractivity contribution in [2.75, 3.05) is 0 Å². The van der Waals surface area contributed by atoms with Gasteiger partial charge in [-0.3, -0.25) is 9.78 Å². The number of pyridine rings is 1. The van der Waals surface area contributed by atoms with Crippen LogP contribution < -0.4 is 5.32 Å². The van der Waals surface area contributed by atoms with Gasteiger partial charge in [0.05, 0.1) is 18.3 Å². The number of hydrogen-bond acceptors (Lipinski definition) is 5. The largest absolute Gasteiger partial charge is 0.343 e. The molecule has 1 amide bonds. The molecule has 0 aliphatic heterocycles. The number of nitrogens with zero attached hydrogens (tertiary/aromatic N) is 3. The van der Waals surface area contributed by atoms with E-state index in [9.17, 15) is 9.18 Å². The predicted octanol–water partition coefficient (Wildman–Crippen LogP) is 0.842. The second-order valence-electron chi connectivity index (χ2n) is 3.27. The normalized spacial score (nSPS) is 10.2. The first-order valence-corrected chi connectivity index (χ1v) is 4.83.